The van der Waals surface area contributed by atoms with Gasteiger partial charge in [-0.05, 0) is 30.2 Å². The van der Waals surface area contributed by atoms with Crippen LogP contribution < -0.4 is 0 Å². The van der Waals surface area contributed by atoms with E-state index in [0.717, 1.165) is 25.9 Å². The van der Waals surface area contributed by atoms with E-state index in [-0.39, 0.29) is 6.10 Å². The lowest BCUT2D eigenvalue weighted by Gasteiger charge is -2.10. The number of hydrogen-bond donors (Lipinski definition) is 1. The van der Waals surface area contributed by atoms with Gasteiger partial charge in [0.05, 0.1) is 6.10 Å². The van der Waals surface area contributed by atoms with Gasteiger partial charge in [0.15, 0.2) is 0 Å². The predicted molar refractivity (Wildman–Crippen MR) is 68.9 cm³/mol. The molecular formula is C13H22O2S. The smallest absolute Gasteiger partial charge is 0.0610 e. The summed E-state index contributed by atoms with van der Waals surface area (Å²) in [6.45, 7) is 5.85. The average molecular weight is 242 g/mol. The summed E-state index contributed by atoms with van der Waals surface area (Å²) in [6.07, 6.45) is 2.32. The Kier molecular flexibility index (Phi) is 6.69. The number of hydrogen-bond acceptors (Lipinski definition) is 3. The minimum absolute atomic E-state index is 0.266. The van der Waals surface area contributed by atoms with Gasteiger partial charge < -0.3 is 9.84 Å². The molecule has 0 saturated carbocycles. The molecule has 0 spiro atoms. The lowest BCUT2D eigenvalue weighted by Crippen LogP contribution is -2.13. The molecule has 0 saturated heterocycles. The Balaban J connectivity index is 2.00. The number of rotatable bonds is 8. The minimum Gasteiger partial charge on any atom is -0.393 e. The van der Waals surface area contributed by atoms with Crippen LogP contribution in [0.15, 0.2) is 17.5 Å². The Morgan fingerprint density at radius 1 is 1.31 bits per heavy atom. The summed E-state index contributed by atoms with van der Waals surface area (Å²) in [7, 11) is 0. The second-order valence-electron chi connectivity index (χ2n) is 4.52. The molecule has 0 bridgehead atoms. The monoisotopic (exact) mass is 242 g/mol. The molecular weight excluding hydrogens is 220 g/mol. The van der Waals surface area contributed by atoms with Gasteiger partial charge in [-0.2, -0.15) is 0 Å². The molecule has 1 rings (SSSR count). The summed E-state index contributed by atoms with van der Waals surface area (Å²) in [5.41, 5.74) is 0. The molecule has 2 nitrogen and oxygen atoms in total. The zero-order chi connectivity index (χ0) is 11.8. The van der Waals surface area contributed by atoms with Crippen molar-refractivity contribution in [3.8, 4) is 0 Å². The van der Waals surface area contributed by atoms with Gasteiger partial charge in [-0.1, -0.05) is 19.9 Å². The molecule has 1 heterocycles. The maximum absolute atomic E-state index is 9.76. The molecule has 1 N–H and O–H groups in total. The van der Waals surface area contributed by atoms with Gasteiger partial charge in [0.25, 0.3) is 0 Å². The van der Waals surface area contributed by atoms with Gasteiger partial charge in [0.1, 0.15) is 0 Å². The van der Waals surface area contributed by atoms with E-state index >= 15 is 0 Å². The molecule has 16 heavy (non-hydrogen) atoms. The Bertz CT molecular complexity index is 257. The molecule has 0 aliphatic carbocycles. The lowest BCUT2D eigenvalue weighted by atomic mass is 10.1. The van der Waals surface area contributed by atoms with Crippen LogP contribution >= 0.6 is 11.3 Å². The fraction of sp³-hybridized carbons (Fsp3) is 0.692. The standard InChI is InChI=1S/C13H22O2S/c1-11(2)5-7-15-8-6-12(14)10-13-4-3-9-16-13/h3-4,9,11-12,14H,5-8,10H2,1-2H3. The third-order valence-electron chi connectivity index (χ3n) is 2.45. The highest BCUT2D eigenvalue weighted by atomic mass is 32.1. The first kappa shape index (κ1) is 13.7. The molecule has 3 heteroatoms. The largest absolute Gasteiger partial charge is 0.393 e. The third-order valence-corrected chi connectivity index (χ3v) is 3.35. The van der Waals surface area contributed by atoms with Gasteiger partial charge in [0.2, 0.25) is 0 Å². The fourth-order valence-electron chi connectivity index (χ4n) is 1.40. The number of aliphatic hydroxyl groups is 1. The maximum atomic E-state index is 9.76. The summed E-state index contributed by atoms with van der Waals surface area (Å²) >= 11 is 1.70. The van der Waals surface area contributed by atoms with Crippen molar-refractivity contribution in [2.45, 2.75) is 39.2 Å². The Labute approximate surface area is 102 Å². The van der Waals surface area contributed by atoms with Gasteiger partial charge in [-0.3, -0.25) is 0 Å². The van der Waals surface area contributed by atoms with Crippen molar-refractivity contribution in [3.05, 3.63) is 22.4 Å². The van der Waals surface area contributed by atoms with Crippen molar-refractivity contribution in [1.29, 1.82) is 0 Å². The number of ether oxygens (including phenoxy) is 1. The molecule has 1 atom stereocenters. The molecule has 0 amide bonds. The van der Waals surface area contributed by atoms with E-state index in [4.69, 9.17) is 4.74 Å². The van der Waals surface area contributed by atoms with Crippen molar-refractivity contribution >= 4 is 11.3 Å². The molecule has 92 valence electrons. The van der Waals surface area contributed by atoms with Crippen molar-refractivity contribution in [2.75, 3.05) is 13.2 Å². The lowest BCUT2D eigenvalue weighted by molar-refractivity contribution is 0.0772. The molecule has 1 aromatic rings. The van der Waals surface area contributed by atoms with Crippen LogP contribution in [0, 0.1) is 5.92 Å². The minimum atomic E-state index is -0.266. The first-order chi connectivity index (χ1) is 7.68. The van der Waals surface area contributed by atoms with Crippen molar-refractivity contribution in [2.24, 2.45) is 5.92 Å². The summed E-state index contributed by atoms with van der Waals surface area (Å²) in [5, 5.41) is 11.8. The quantitative estimate of drug-likeness (QED) is 0.710. The molecule has 0 fully saturated rings. The highest BCUT2D eigenvalue weighted by molar-refractivity contribution is 7.09. The zero-order valence-electron chi connectivity index (χ0n) is 10.2. The van der Waals surface area contributed by atoms with E-state index in [0.29, 0.717) is 12.5 Å². The molecule has 0 aromatic carbocycles. The van der Waals surface area contributed by atoms with E-state index in [1.165, 1.54) is 4.88 Å². The van der Waals surface area contributed by atoms with Crippen molar-refractivity contribution in [1.82, 2.24) is 0 Å². The topological polar surface area (TPSA) is 29.5 Å². The number of aliphatic hydroxyl groups excluding tert-OH is 1. The SMILES string of the molecule is CC(C)CCOCCC(O)Cc1cccs1. The fourth-order valence-corrected chi connectivity index (χ4v) is 2.18. The van der Waals surface area contributed by atoms with Crippen LogP contribution in [-0.2, 0) is 11.2 Å². The van der Waals surface area contributed by atoms with Crippen LogP contribution in [-0.4, -0.2) is 24.4 Å². The molecule has 0 aliphatic heterocycles. The second kappa shape index (κ2) is 7.82. The van der Waals surface area contributed by atoms with Gasteiger partial charge >= 0.3 is 0 Å². The molecule has 1 aromatic heterocycles. The molecule has 0 aliphatic rings. The van der Waals surface area contributed by atoms with Crippen LogP contribution in [0.2, 0.25) is 0 Å². The third kappa shape index (κ3) is 6.26. The summed E-state index contributed by atoms with van der Waals surface area (Å²) in [6, 6.07) is 4.08. The summed E-state index contributed by atoms with van der Waals surface area (Å²) < 4.78 is 5.48. The van der Waals surface area contributed by atoms with E-state index in [2.05, 4.69) is 19.9 Å². The van der Waals surface area contributed by atoms with Gasteiger partial charge in [-0.15, -0.1) is 11.3 Å². The Hall–Kier alpha value is -0.380. The first-order valence-corrected chi connectivity index (χ1v) is 6.84. The predicted octanol–water partition coefficient (Wildman–Crippen LogP) is 3.10. The van der Waals surface area contributed by atoms with E-state index in [9.17, 15) is 5.11 Å². The van der Waals surface area contributed by atoms with Gasteiger partial charge in [0, 0.05) is 24.5 Å². The first-order valence-electron chi connectivity index (χ1n) is 5.96. The van der Waals surface area contributed by atoms with Crippen LogP contribution in [0.5, 0.6) is 0 Å². The zero-order valence-corrected chi connectivity index (χ0v) is 11.0. The summed E-state index contributed by atoms with van der Waals surface area (Å²) in [4.78, 5) is 1.25. The van der Waals surface area contributed by atoms with Crippen LogP contribution in [0.3, 0.4) is 0 Å². The van der Waals surface area contributed by atoms with E-state index in [1.807, 2.05) is 11.4 Å². The number of thiophene rings is 1. The highest BCUT2D eigenvalue weighted by Crippen LogP contribution is 2.12. The average Bonchev–Trinajstić information content (AvgIpc) is 2.69. The van der Waals surface area contributed by atoms with Crippen LogP contribution in [0.4, 0.5) is 0 Å². The van der Waals surface area contributed by atoms with Crippen molar-refractivity contribution in [3.63, 3.8) is 0 Å². The van der Waals surface area contributed by atoms with Gasteiger partial charge in [-0.25, -0.2) is 0 Å². The molecule has 1 unspecified atom stereocenters. The van der Waals surface area contributed by atoms with Crippen molar-refractivity contribution < 1.29 is 9.84 Å². The maximum Gasteiger partial charge on any atom is 0.0610 e. The van der Waals surface area contributed by atoms with Crippen LogP contribution in [0.25, 0.3) is 0 Å². The van der Waals surface area contributed by atoms with Crippen LogP contribution in [0.1, 0.15) is 31.6 Å². The molecule has 0 radical (unpaired) electrons. The highest BCUT2D eigenvalue weighted by Gasteiger charge is 2.06. The normalized spacial score (nSPS) is 13.2. The van der Waals surface area contributed by atoms with E-state index < -0.39 is 0 Å². The summed E-state index contributed by atoms with van der Waals surface area (Å²) in [5.74, 6) is 0.691. The Morgan fingerprint density at radius 2 is 2.06 bits per heavy atom. The Morgan fingerprint density at radius 3 is 2.69 bits per heavy atom. The second-order valence-corrected chi connectivity index (χ2v) is 5.55. The van der Waals surface area contributed by atoms with E-state index in [1.54, 1.807) is 11.3 Å².